The molecule has 0 unspecified atom stereocenters. The van der Waals surface area contributed by atoms with Crippen molar-refractivity contribution in [2.24, 2.45) is 5.92 Å². The first-order valence-electron chi connectivity index (χ1n) is 12.9. The van der Waals surface area contributed by atoms with Crippen LogP contribution in [0.25, 0.3) is 17.0 Å². The fourth-order valence-corrected chi connectivity index (χ4v) is 5.45. The van der Waals surface area contributed by atoms with E-state index in [0.29, 0.717) is 36.5 Å². The van der Waals surface area contributed by atoms with E-state index in [4.69, 9.17) is 16.3 Å². The zero-order valence-electron chi connectivity index (χ0n) is 21.5. The predicted octanol–water partition coefficient (Wildman–Crippen LogP) is 5.01. The van der Waals surface area contributed by atoms with Crippen molar-refractivity contribution >= 4 is 46.1 Å². The molecule has 10 heteroatoms. The molecular weight excluding hydrogens is 525 g/mol. The normalized spacial score (nSPS) is 15.8. The van der Waals surface area contributed by atoms with Crippen LogP contribution in [0, 0.1) is 11.7 Å². The molecule has 1 amide bonds. The predicted molar refractivity (Wildman–Crippen MR) is 148 cm³/mol. The number of amides is 1. The highest BCUT2D eigenvalue weighted by Crippen LogP contribution is 2.44. The van der Waals surface area contributed by atoms with Gasteiger partial charge in [-0.1, -0.05) is 30.3 Å². The summed E-state index contributed by atoms with van der Waals surface area (Å²) in [4.78, 5) is 40.0. The number of halogens is 2. The SMILES string of the molecule is C=Cc1cc(Cl)ccc1CNC(=O)c1cn(C2CC2)c2c(OC)c(N3CCC(C(=O)O)CC3)c(F)cc2c1=O. The summed E-state index contributed by atoms with van der Waals surface area (Å²) in [5.41, 5.74) is 1.52. The van der Waals surface area contributed by atoms with Gasteiger partial charge in [0.1, 0.15) is 11.3 Å². The molecule has 39 heavy (non-hydrogen) atoms. The fourth-order valence-electron chi connectivity index (χ4n) is 5.27. The molecule has 1 aliphatic heterocycles. The summed E-state index contributed by atoms with van der Waals surface area (Å²) >= 11 is 6.05. The van der Waals surface area contributed by atoms with Crippen molar-refractivity contribution in [3.05, 3.63) is 74.8 Å². The summed E-state index contributed by atoms with van der Waals surface area (Å²) in [6.45, 7) is 4.63. The van der Waals surface area contributed by atoms with Gasteiger partial charge in [0.05, 0.1) is 23.9 Å². The monoisotopic (exact) mass is 553 g/mol. The Morgan fingerprint density at radius 3 is 2.56 bits per heavy atom. The minimum absolute atomic E-state index is 0.0493. The van der Waals surface area contributed by atoms with Gasteiger partial charge in [-0.05, 0) is 55.0 Å². The first-order valence-corrected chi connectivity index (χ1v) is 13.2. The number of fused-ring (bicyclic) bond motifs is 1. The Hall–Kier alpha value is -3.85. The molecule has 0 atom stereocenters. The number of pyridine rings is 1. The lowest BCUT2D eigenvalue weighted by atomic mass is 9.96. The number of carbonyl (C=O) groups is 2. The highest BCUT2D eigenvalue weighted by atomic mass is 35.5. The molecule has 1 aliphatic carbocycles. The largest absolute Gasteiger partial charge is 0.492 e. The summed E-state index contributed by atoms with van der Waals surface area (Å²) in [6, 6.07) is 6.45. The van der Waals surface area contributed by atoms with Gasteiger partial charge >= 0.3 is 5.97 Å². The number of methoxy groups -OCH3 is 1. The Labute approximate surface area is 229 Å². The zero-order valence-corrected chi connectivity index (χ0v) is 22.3. The van der Waals surface area contributed by atoms with Crippen LogP contribution in [-0.4, -0.2) is 41.7 Å². The summed E-state index contributed by atoms with van der Waals surface area (Å²) in [6.07, 6.45) is 5.64. The van der Waals surface area contributed by atoms with Crippen LogP contribution >= 0.6 is 11.6 Å². The van der Waals surface area contributed by atoms with E-state index in [1.807, 2.05) is 4.57 Å². The number of rotatable bonds is 8. The maximum absolute atomic E-state index is 15.6. The lowest BCUT2D eigenvalue weighted by Crippen LogP contribution is -2.37. The molecule has 1 saturated carbocycles. The Balaban J connectivity index is 1.54. The first-order chi connectivity index (χ1) is 18.7. The second kappa shape index (κ2) is 10.7. The summed E-state index contributed by atoms with van der Waals surface area (Å²) in [7, 11) is 1.42. The number of anilines is 1. The number of carbonyl (C=O) groups excluding carboxylic acids is 1. The zero-order chi connectivity index (χ0) is 27.8. The second-order valence-electron chi connectivity index (χ2n) is 9.98. The Morgan fingerprint density at radius 1 is 1.23 bits per heavy atom. The number of nitrogens with zero attached hydrogens (tertiary/aromatic N) is 2. The lowest BCUT2D eigenvalue weighted by molar-refractivity contribution is -0.142. The topological polar surface area (TPSA) is 101 Å². The van der Waals surface area contributed by atoms with Gasteiger partial charge in [0.2, 0.25) is 5.43 Å². The van der Waals surface area contributed by atoms with Crippen molar-refractivity contribution < 1.29 is 23.8 Å². The number of piperidine rings is 1. The number of hydrogen-bond acceptors (Lipinski definition) is 5. The van der Waals surface area contributed by atoms with Crippen molar-refractivity contribution in [3.8, 4) is 5.75 Å². The quantitative estimate of drug-likeness (QED) is 0.407. The number of benzene rings is 2. The van der Waals surface area contributed by atoms with Gasteiger partial charge < -0.3 is 24.6 Å². The fraction of sp³-hybridized carbons (Fsp3) is 0.345. The molecule has 0 bridgehead atoms. The smallest absolute Gasteiger partial charge is 0.306 e. The van der Waals surface area contributed by atoms with Crippen LogP contribution in [0.5, 0.6) is 5.75 Å². The van der Waals surface area contributed by atoms with Gasteiger partial charge in [-0.3, -0.25) is 14.4 Å². The lowest BCUT2D eigenvalue weighted by Gasteiger charge is -2.33. The molecule has 0 spiro atoms. The van der Waals surface area contributed by atoms with Crippen LogP contribution in [0.4, 0.5) is 10.1 Å². The van der Waals surface area contributed by atoms with Crippen molar-refractivity contribution in [2.75, 3.05) is 25.1 Å². The van der Waals surface area contributed by atoms with E-state index in [2.05, 4.69) is 11.9 Å². The van der Waals surface area contributed by atoms with Crippen molar-refractivity contribution in [2.45, 2.75) is 38.3 Å². The van der Waals surface area contributed by atoms with E-state index in [-0.39, 0.29) is 35.0 Å². The van der Waals surface area contributed by atoms with Gasteiger partial charge in [-0.25, -0.2) is 4.39 Å². The van der Waals surface area contributed by atoms with Gasteiger partial charge in [0.25, 0.3) is 5.91 Å². The minimum atomic E-state index is -0.856. The maximum atomic E-state index is 15.6. The Morgan fingerprint density at radius 2 is 1.95 bits per heavy atom. The minimum Gasteiger partial charge on any atom is -0.492 e. The molecule has 1 saturated heterocycles. The van der Waals surface area contributed by atoms with Gasteiger partial charge in [-0.2, -0.15) is 0 Å². The van der Waals surface area contributed by atoms with Crippen LogP contribution < -0.4 is 20.4 Å². The van der Waals surface area contributed by atoms with Crippen LogP contribution in [0.1, 0.15) is 53.2 Å². The molecular formula is C29H29ClFN3O5. The number of nitrogens with one attached hydrogen (secondary N) is 1. The van der Waals surface area contributed by atoms with Crippen molar-refractivity contribution in [3.63, 3.8) is 0 Å². The van der Waals surface area contributed by atoms with E-state index in [0.717, 1.165) is 24.0 Å². The van der Waals surface area contributed by atoms with E-state index in [1.165, 1.54) is 19.4 Å². The molecule has 2 N–H and O–H groups in total. The van der Waals surface area contributed by atoms with Crippen LogP contribution in [0.3, 0.4) is 0 Å². The highest BCUT2D eigenvalue weighted by molar-refractivity contribution is 6.30. The molecule has 2 aromatic carbocycles. The number of hydrogen-bond donors (Lipinski definition) is 2. The molecule has 2 heterocycles. The van der Waals surface area contributed by atoms with E-state index >= 15 is 4.39 Å². The number of ether oxygens (including phenoxy) is 1. The summed E-state index contributed by atoms with van der Waals surface area (Å²) < 4.78 is 23.2. The standard InChI is InChI=1S/C29H29ClFN3O5/c1-3-16-12-19(30)5-4-18(16)14-32-28(36)22-15-34(20-6-7-20)24-21(26(22)35)13-23(31)25(27(24)39-2)33-10-8-17(9-11-33)29(37)38/h3-5,12-13,15,17,20H,1,6-11,14H2,2H3,(H,32,36)(H,37,38). The Bertz CT molecular complexity index is 1540. The van der Waals surface area contributed by atoms with Crippen molar-refractivity contribution in [1.82, 2.24) is 9.88 Å². The molecule has 8 nitrogen and oxygen atoms in total. The molecule has 0 radical (unpaired) electrons. The van der Waals surface area contributed by atoms with Crippen LogP contribution in [-0.2, 0) is 11.3 Å². The number of carboxylic acids is 1. The summed E-state index contributed by atoms with van der Waals surface area (Å²) in [5, 5.41) is 12.7. The van der Waals surface area contributed by atoms with Gasteiger partial charge in [0.15, 0.2) is 11.6 Å². The van der Waals surface area contributed by atoms with Crippen molar-refractivity contribution in [1.29, 1.82) is 0 Å². The molecule has 2 fully saturated rings. The molecule has 3 aromatic rings. The average Bonchev–Trinajstić information content (AvgIpc) is 3.77. The van der Waals surface area contributed by atoms with E-state index in [1.54, 1.807) is 29.2 Å². The third kappa shape index (κ3) is 5.11. The van der Waals surface area contributed by atoms with Crippen LogP contribution in [0.15, 0.2) is 41.8 Å². The Kier molecular flexibility index (Phi) is 7.36. The van der Waals surface area contributed by atoms with Crippen LogP contribution in [0.2, 0.25) is 5.02 Å². The van der Waals surface area contributed by atoms with Gasteiger partial charge in [-0.15, -0.1) is 0 Å². The average molecular weight is 554 g/mol. The molecule has 2 aliphatic rings. The third-order valence-corrected chi connectivity index (χ3v) is 7.75. The third-order valence-electron chi connectivity index (χ3n) is 7.51. The van der Waals surface area contributed by atoms with E-state index in [9.17, 15) is 19.5 Å². The number of carboxylic acid groups (broad SMARTS) is 1. The highest BCUT2D eigenvalue weighted by Gasteiger charge is 2.33. The molecule has 1 aromatic heterocycles. The maximum Gasteiger partial charge on any atom is 0.306 e. The van der Waals surface area contributed by atoms with Gasteiger partial charge in [0, 0.05) is 36.9 Å². The summed E-state index contributed by atoms with van der Waals surface area (Å²) in [5.74, 6) is -2.34. The molecule has 204 valence electrons. The number of aliphatic carboxylic acids is 1. The molecule has 5 rings (SSSR count). The number of aromatic nitrogens is 1. The van der Waals surface area contributed by atoms with E-state index < -0.39 is 29.0 Å². The first kappa shape index (κ1) is 26.7. The second-order valence-corrected chi connectivity index (χ2v) is 10.4.